The number of rotatable bonds is 2. The van der Waals surface area contributed by atoms with E-state index in [1.54, 1.807) is 18.2 Å². The number of nitrogens with one attached hydrogen (secondary N) is 2. The highest BCUT2D eigenvalue weighted by molar-refractivity contribution is 6.77. The largest absolute Gasteiger partial charge is 0.350 e. The van der Waals surface area contributed by atoms with Gasteiger partial charge in [-0.05, 0) is 31.0 Å². The molecule has 2 N–H and O–H groups in total. The molecule has 0 saturated carbocycles. The Morgan fingerprint density at radius 2 is 1.91 bits per heavy atom. The van der Waals surface area contributed by atoms with Crippen molar-refractivity contribution < 1.29 is 4.79 Å². The van der Waals surface area contributed by atoms with Crippen LogP contribution in [0.25, 0.3) is 10.9 Å². The van der Waals surface area contributed by atoms with Crippen LogP contribution in [0, 0.1) is 0 Å². The van der Waals surface area contributed by atoms with Gasteiger partial charge >= 0.3 is 0 Å². The van der Waals surface area contributed by atoms with E-state index in [0.29, 0.717) is 21.8 Å². The smallest absolute Gasteiger partial charge is 0.267 e. The Kier molecular flexibility index (Phi) is 4.27. The molecule has 1 saturated heterocycles. The third kappa shape index (κ3) is 3.34. The molecule has 0 aliphatic carbocycles. The lowest BCUT2D eigenvalue weighted by molar-refractivity contribution is 0.0929. The normalized spacial score (nSPS) is 18.5. The van der Waals surface area contributed by atoms with Gasteiger partial charge in [0.05, 0.1) is 5.02 Å². The van der Waals surface area contributed by atoms with Crippen molar-refractivity contribution in [1.29, 1.82) is 0 Å². The second kappa shape index (κ2) is 5.91. The Bertz CT molecular complexity index is 716. The van der Waals surface area contributed by atoms with Crippen LogP contribution < -0.4 is 5.32 Å². The predicted octanol–water partition coefficient (Wildman–Crippen LogP) is 5.08. The summed E-state index contributed by atoms with van der Waals surface area (Å²) in [6.45, 7) is 4.85. The number of aromatic nitrogens is 1. The molecule has 0 spiro atoms. The minimum Gasteiger partial charge on any atom is -0.350 e. The van der Waals surface area contributed by atoms with Gasteiger partial charge in [0.2, 0.25) is 0 Å². The number of halogens is 2. The van der Waals surface area contributed by atoms with Crippen LogP contribution in [0.1, 0.15) is 23.3 Å². The summed E-state index contributed by atoms with van der Waals surface area (Å²) >= 11 is 12.2. The van der Waals surface area contributed by atoms with Crippen LogP contribution >= 0.6 is 23.2 Å². The van der Waals surface area contributed by atoms with Crippen LogP contribution in [0.5, 0.6) is 0 Å². The maximum Gasteiger partial charge on any atom is 0.267 e. The van der Waals surface area contributed by atoms with E-state index in [0.717, 1.165) is 23.7 Å². The highest BCUT2D eigenvalue weighted by Gasteiger charge is 2.29. The molecular weight excluding hydrogens is 335 g/mol. The summed E-state index contributed by atoms with van der Waals surface area (Å²) in [6.07, 6.45) is 2.19. The van der Waals surface area contributed by atoms with Gasteiger partial charge in [0.25, 0.3) is 5.91 Å². The Hall–Kier alpha value is -0.973. The molecule has 0 bridgehead atoms. The predicted molar refractivity (Wildman–Crippen MR) is 95.9 cm³/mol. The van der Waals surface area contributed by atoms with Crippen molar-refractivity contribution in [3.63, 3.8) is 0 Å². The highest BCUT2D eigenvalue weighted by atomic mass is 35.5. The van der Waals surface area contributed by atoms with Crippen molar-refractivity contribution in [2.75, 3.05) is 0 Å². The van der Waals surface area contributed by atoms with Crippen molar-refractivity contribution >= 4 is 48.1 Å². The molecule has 0 radical (unpaired) electrons. The molecule has 2 heterocycles. The van der Waals surface area contributed by atoms with Crippen molar-refractivity contribution in [2.45, 2.75) is 44.1 Å². The number of H-pyrrole nitrogens is 1. The summed E-state index contributed by atoms with van der Waals surface area (Å²) in [5.41, 5.74) is 1.33. The highest BCUT2D eigenvalue weighted by Crippen LogP contribution is 2.30. The van der Waals surface area contributed by atoms with Gasteiger partial charge in [0, 0.05) is 30.0 Å². The number of amides is 1. The fourth-order valence-electron chi connectivity index (χ4n) is 3.09. The van der Waals surface area contributed by atoms with Crippen LogP contribution in [0.4, 0.5) is 0 Å². The van der Waals surface area contributed by atoms with Crippen molar-refractivity contribution in [3.05, 3.63) is 33.9 Å². The van der Waals surface area contributed by atoms with Crippen molar-refractivity contribution in [3.8, 4) is 0 Å². The quantitative estimate of drug-likeness (QED) is 0.726. The summed E-state index contributed by atoms with van der Waals surface area (Å²) in [5, 5.41) is 5.09. The third-order valence-electron chi connectivity index (χ3n) is 4.57. The number of hydrogen-bond donors (Lipinski definition) is 2. The number of carbonyl (C=O) groups excluding carboxylic acids is 1. The number of aromatic amines is 1. The van der Waals surface area contributed by atoms with Gasteiger partial charge < -0.3 is 10.3 Å². The average molecular weight is 355 g/mol. The first-order valence-corrected chi connectivity index (χ1v) is 11.8. The molecule has 3 rings (SSSR count). The van der Waals surface area contributed by atoms with E-state index in [1.807, 2.05) is 0 Å². The molecule has 0 unspecified atom stereocenters. The molecule has 1 aliphatic heterocycles. The maximum absolute atomic E-state index is 12.4. The number of fused-ring (bicyclic) bond motifs is 1. The zero-order valence-corrected chi connectivity index (χ0v) is 15.3. The molecular formula is C16H20Cl2N2OSi. The van der Waals surface area contributed by atoms with Crippen LogP contribution in [0.15, 0.2) is 18.2 Å². The summed E-state index contributed by atoms with van der Waals surface area (Å²) < 4.78 is 0. The Labute approximate surface area is 141 Å². The zero-order chi connectivity index (χ0) is 15.9. The fraction of sp³-hybridized carbons (Fsp3) is 0.438. The van der Waals surface area contributed by atoms with Gasteiger partial charge in [0.15, 0.2) is 0 Å². The lowest BCUT2D eigenvalue weighted by Crippen LogP contribution is -2.42. The molecule has 1 aromatic heterocycles. The Morgan fingerprint density at radius 3 is 2.59 bits per heavy atom. The first kappa shape index (κ1) is 15.9. The molecule has 1 aromatic carbocycles. The van der Waals surface area contributed by atoms with Gasteiger partial charge in [0.1, 0.15) is 5.69 Å². The van der Waals surface area contributed by atoms with E-state index < -0.39 is 8.07 Å². The lowest BCUT2D eigenvalue weighted by atomic mass is 10.1. The molecule has 6 heteroatoms. The Balaban J connectivity index is 1.74. The van der Waals surface area contributed by atoms with E-state index >= 15 is 0 Å². The molecule has 2 aromatic rings. The summed E-state index contributed by atoms with van der Waals surface area (Å²) in [5.74, 6) is -0.0604. The van der Waals surface area contributed by atoms with Crippen molar-refractivity contribution in [1.82, 2.24) is 10.3 Å². The van der Waals surface area contributed by atoms with Crippen LogP contribution in [-0.2, 0) is 0 Å². The molecule has 22 heavy (non-hydrogen) atoms. The summed E-state index contributed by atoms with van der Waals surface area (Å²) in [7, 11) is -0.994. The van der Waals surface area contributed by atoms with E-state index in [2.05, 4.69) is 23.4 Å². The second-order valence-electron chi connectivity index (χ2n) is 6.94. The van der Waals surface area contributed by atoms with E-state index in [9.17, 15) is 4.79 Å². The first-order chi connectivity index (χ1) is 10.3. The van der Waals surface area contributed by atoms with Gasteiger partial charge in [-0.1, -0.05) is 48.4 Å². The number of hydrogen-bond acceptors (Lipinski definition) is 1. The van der Waals surface area contributed by atoms with Crippen molar-refractivity contribution in [2.24, 2.45) is 0 Å². The minimum absolute atomic E-state index is 0.0604. The molecule has 1 fully saturated rings. The standard InChI is InChI=1S/C16H20Cl2N2OSi/c1-22(2)5-3-11(4-6-22)19-16(21)15-9-12-13(18)7-10(17)8-14(12)20-15/h7-9,11,20H,3-6H2,1-2H3,(H,19,21). The average Bonchev–Trinajstić information content (AvgIpc) is 2.85. The van der Waals surface area contributed by atoms with Crippen LogP contribution in [0.3, 0.4) is 0 Å². The maximum atomic E-state index is 12.4. The Morgan fingerprint density at radius 1 is 1.23 bits per heavy atom. The van der Waals surface area contributed by atoms with Gasteiger partial charge in [-0.25, -0.2) is 0 Å². The second-order valence-corrected chi connectivity index (χ2v) is 13.1. The van der Waals surface area contributed by atoms with Gasteiger partial charge in [-0.15, -0.1) is 0 Å². The molecule has 118 valence electrons. The molecule has 1 amide bonds. The molecule has 0 atom stereocenters. The first-order valence-electron chi connectivity index (χ1n) is 7.63. The summed E-state index contributed by atoms with van der Waals surface area (Å²) in [6, 6.07) is 8.13. The minimum atomic E-state index is -0.994. The number of benzene rings is 1. The zero-order valence-electron chi connectivity index (χ0n) is 12.8. The van der Waals surface area contributed by atoms with Crippen LogP contribution in [0.2, 0.25) is 35.2 Å². The topological polar surface area (TPSA) is 44.9 Å². The molecule has 3 nitrogen and oxygen atoms in total. The third-order valence-corrected chi connectivity index (χ3v) is 8.39. The molecule has 1 aliphatic rings. The lowest BCUT2D eigenvalue weighted by Gasteiger charge is -2.33. The fourth-order valence-corrected chi connectivity index (χ4v) is 6.15. The SMILES string of the molecule is C[Si]1(C)CCC(NC(=O)c2cc3c(Cl)cc(Cl)cc3[nH]2)CC1. The summed E-state index contributed by atoms with van der Waals surface area (Å²) in [4.78, 5) is 15.5. The van der Waals surface area contributed by atoms with Crippen LogP contribution in [-0.4, -0.2) is 25.0 Å². The van der Waals surface area contributed by atoms with E-state index in [1.165, 1.54) is 12.1 Å². The van der Waals surface area contributed by atoms with E-state index in [4.69, 9.17) is 23.2 Å². The monoisotopic (exact) mass is 354 g/mol. The van der Waals surface area contributed by atoms with Gasteiger partial charge in [-0.2, -0.15) is 0 Å². The van der Waals surface area contributed by atoms with Gasteiger partial charge in [-0.3, -0.25) is 4.79 Å². The number of carbonyl (C=O) groups is 1. The van der Waals surface area contributed by atoms with E-state index in [-0.39, 0.29) is 5.91 Å².